The van der Waals surface area contributed by atoms with E-state index in [0.717, 1.165) is 11.8 Å². The summed E-state index contributed by atoms with van der Waals surface area (Å²) in [5.41, 5.74) is 0. The van der Waals surface area contributed by atoms with Crippen molar-refractivity contribution < 1.29 is 4.11 Å². The van der Waals surface area contributed by atoms with Gasteiger partial charge >= 0.3 is 0 Å². The van der Waals surface area contributed by atoms with E-state index < -0.39 is 6.85 Å². The van der Waals surface area contributed by atoms with Gasteiger partial charge in [0.1, 0.15) is 0 Å². The molecule has 0 heterocycles. The Bertz CT molecular complexity index is 58.8. The molecule has 0 N–H and O–H groups in total. The van der Waals surface area contributed by atoms with E-state index in [1.165, 1.54) is 0 Å². The highest BCUT2D eigenvalue weighted by Gasteiger charge is 1.69. The molecule has 0 aliphatic heterocycles. The van der Waals surface area contributed by atoms with E-state index in [0.29, 0.717) is 6.42 Å². The van der Waals surface area contributed by atoms with Gasteiger partial charge in [-0.1, -0.05) is 29.2 Å². The molecule has 0 radical (unpaired) electrons. The third-order valence-corrected chi connectivity index (χ3v) is 0.871. The van der Waals surface area contributed by atoms with Crippen LogP contribution in [0.2, 0.25) is 0 Å². The Kier molecular flexibility index (Phi) is 1.76. The van der Waals surface area contributed by atoms with E-state index in [4.69, 9.17) is 4.11 Å². The molecular formula is C4H9Br. The van der Waals surface area contributed by atoms with Crippen LogP contribution in [0, 0.1) is 0 Å². The Morgan fingerprint density at radius 2 is 2.80 bits per heavy atom. The maximum absolute atomic E-state index is 6.75. The van der Waals surface area contributed by atoms with Gasteiger partial charge in [-0.15, -0.1) is 0 Å². The van der Waals surface area contributed by atoms with Crippen molar-refractivity contribution in [2.45, 2.75) is 19.7 Å². The first kappa shape index (κ1) is 1.97. The molecule has 0 aromatic heterocycles. The summed E-state index contributed by atoms with van der Waals surface area (Å²) in [6.07, 6.45) is 1.05. The Morgan fingerprint density at radius 1 is 2.00 bits per heavy atom. The van der Waals surface area contributed by atoms with Crippen molar-refractivity contribution in [3.05, 3.63) is 0 Å². The van der Waals surface area contributed by atoms with Crippen LogP contribution in [0.5, 0.6) is 0 Å². The Labute approximate surface area is 45.9 Å². The maximum atomic E-state index is 6.75. The fourth-order valence-electron chi connectivity index (χ4n) is 0.0668. The quantitative estimate of drug-likeness (QED) is 0.515. The van der Waals surface area contributed by atoms with Gasteiger partial charge in [0.25, 0.3) is 0 Å². The van der Waals surface area contributed by atoms with Crippen LogP contribution in [0.4, 0.5) is 0 Å². The molecule has 0 rings (SSSR count). The van der Waals surface area contributed by atoms with E-state index in [1.807, 2.05) is 0 Å². The highest BCUT2D eigenvalue weighted by Crippen LogP contribution is 1.89. The highest BCUT2D eigenvalue weighted by molar-refractivity contribution is 9.09. The molecule has 0 saturated carbocycles. The molecule has 0 saturated heterocycles. The lowest BCUT2D eigenvalue weighted by Gasteiger charge is -1.77. The lowest BCUT2D eigenvalue weighted by Crippen LogP contribution is -1.64. The van der Waals surface area contributed by atoms with E-state index in [9.17, 15) is 0 Å². The van der Waals surface area contributed by atoms with Crippen molar-refractivity contribution in [1.82, 2.24) is 0 Å². The third-order valence-electron chi connectivity index (χ3n) is 0.310. The molecule has 32 valence electrons. The summed E-state index contributed by atoms with van der Waals surface area (Å²) in [5, 5.41) is 0.783. The van der Waals surface area contributed by atoms with Gasteiger partial charge in [-0.05, 0) is 6.42 Å². The standard InChI is InChI=1S/C4H9Br/c1-2-3-4-5/h2-4H2,1H3/i1D3. The van der Waals surface area contributed by atoms with Crippen LogP contribution in [-0.2, 0) is 0 Å². The van der Waals surface area contributed by atoms with E-state index in [-0.39, 0.29) is 0 Å². The molecule has 0 aliphatic carbocycles. The Hall–Kier alpha value is 0.480. The fourth-order valence-corrected chi connectivity index (χ4v) is 0.347. The highest BCUT2D eigenvalue weighted by atomic mass is 79.9. The number of hydrogen-bond donors (Lipinski definition) is 0. The molecule has 0 aliphatic rings. The first-order valence-electron chi connectivity index (χ1n) is 3.12. The van der Waals surface area contributed by atoms with Gasteiger partial charge < -0.3 is 0 Å². The molecule has 5 heavy (non-hydrogen) atoms. The monoisotopic (exact) mass is 139 g/mol. The molecule has 0 unspecified atom stereocenters. The SMILES string of the molecule is [2H]C([2H])([2H])CCCBr. The van der Waals surface area contributed by atoms with Crippen LogP contribution >= 0.6 is 15.9 Å². The first-order chi connectivity index (χ1) is 3.56. The topological polar surface area (TPSA) is 0 Å². The molecule has 0 amide bonds. The minimum absolute atomic E-state index is 0.318. The van der Waals surface area contributed by atoms with Crippen LogP contribution in [0.3, 0.4) is 0 Å². The van der Waals surface area contributed by atoms with Crippen molar-refractivity contribution in [3.63, 3.8) is 0 Å². The normalized spacial score (nSPS) is 19.8. The van der Waals surface area contributed by atoms with Gasteiger partial charge in [0.15, 0.2) is 0 Å². The molecule has 0 aromatic carbocycles. The van der Waals surface area contributed by atoms with Crippen LogP contribution in [0.1, 0.15) is 23.8 Å². The molecule has 0 fully saturated rings. The second-order valence-electron chi connectivity index (χ2n) is 0.793. The molecule has 0 nitrogen and oxygen atoms in total. The van der Waals surface area contributed by atoms with E-state index >= 15 is 0 Å². The van der Waals surface area contributed by atoms with Gasteiger partial charge in [-0.25, -0.2) is 0 Å². The molecule has 0 bridgehead atoms. The Morgan fingerprint density at radius 3 is 3.00 bits per heavy atom. The van der Waals surface area contributed by atoms with Crippen molar-refractivity contribution in [2.24, 2.45) is 0 Å². The van der Waals surface area contributed by atoms with Gasteiger partial charge in [0.05, 0.1) is 0 Å². The molecule has 0 atom stereocenters. The van der Waals surface area contributed by atoms with Crippen molar-refractivity contribution >= 4 is 15.9 Å². The second kappa shape index (κ2) is 4.48. The summed E-state index contributed by atoms with van der Waals surface area (Å²) in [6.45, 7) is -1.73. The summed E-state index contributed by atoms with van der Waals surface area (Å²) in [5.74, 6) is 0. The summed E-state index contributed by atoms with van der Waals surface area (Å²) < 4.78 is 20.2. The molecule has 1 heteroatoms. The third kappa shape index (κ3) is 4.48. The van der Waals surface area contributed by atoms with Crippen LogP contribution in [0.25, 0.3) is 0 Å². The van der Waals surface area contributed by atoms with Gasteiger partial charge in [-0.3, -0.25) is 0 Å². The predicted molar refractivity (Wildman–Crippen MR) is 28.7 cm³/mol. The minimum Gasteiger partial charge on any atom is -0.0928 e. The van der Waals surface area contributed by atoms with Gasteiger partial charge in [0.2, 0.25) is 0 Å². The summed E-state index contributed by atoms with van der Waals surface area (Å²) in [4.78, 5) is 0. The fraction of sp³-hybridized carbons (Fsp3) is 1.00. The number of hydrogen-bond acceptors (Lipinski definition) is 0. The maximum Gasteiger partial charge on any atom is 0.0230 e. The zero-order chi connectivity index (χ0) is 6.62. The van der Waals surface area contributed by atoms with Crippen molar-refractivity contribution in [2.75, 3.05) is 5.33 Å². The van der Waals surface area contributed by atoms with Crippen LogP contribution in [-0.4, -0.2) is 5.33 Å². The number of halogens is 1. The number of rotatable bonds is 2. The van der Waals surface area contributed by atoms with E-state index in [2.05, 4.69) is 15.9 Å². The summed E-state index contributed by atoms with van der Waals surface area (Å²) in [6, 6.07) is 0. The van der Waals surface area contributed by atoms with Crippen LogP contribution < -0.4 is 0 Å². The van der Waals surface area contributed by atoms with Gasteiger partial charge in [-0.2, -0.15) is 0 Å². The van der Waals surface area contributed by atoms with Crippen LogP contribution in [0.15, 0.2) is 0 Å². The lowest BCUT2D eigenvalue weighted by molar-refractivity contribution is 0.902. The minimum atomic E-state index is -1.73. The first-order valence-corrected chi connectivity index (χ1v) is 2.74. The van der Waals surface area contributed by atoms with Crippen molar-refractivity contribution in [1.29, 1.82) is 0 Å². The Balaban J connectivity index is 3.11. The summed E-state index contributed by atoms with van der Waals surface area (Å²) >= 11 is 3.15. The number of alkyl halides is 1. The smallest absolute Gasteiger partial charge is 0.0230 e. The average molecular weight is 140 g/mol. The summed E-state index contributed by atoms with van der Waals surface area (Å²) in [7, 11) is 0. The molecular weight excluding hydrogens is 128 g/mol. The molecule has 0 spiro atoms. The van der Waals surface area contributed by atoms with E-state index in [1.54, 1.807) is 0 Å². The largest absolute Gasteiger partial charge is 0.0928 e. The van der Waals surface area contributed by atoms with Gasteiger partial charge in [0, 0.05) is 9.44 Å². The average Bonchev–Trinajstić information content (AvgIpc) is 1.59. The zero-order valence-electron chi connectivity index (χ0n) is 6.00. The predicted octanol–water partition coefficient (Wildman–Crippen LogP) is 2.18. The molecule has 0 aromatic rings. The van der Waals surface area contributed by atoms with Crippen molar-refractivity contribution in [3.8, 4) is 0 Å². The lowest BCUT2D eigenvalue weighted by atomic mass is 10.4. The zero-order valence-corrected chi connectivity index (χ0v) is 4.59. The second-order valence-corrected chi connectivity index (χ2v) is 1.59.